The van der Waals surface area contributed by atoms with Gasteiger partial charge in [-0.1, -0.05) is 42.0 Å². The molecular weight excluding hydrogens is 492 g/mol. The van der Waals surface area contributed by atoms with Crippen LogP contribution >= 0.6 is 0 Å². The molecule has 2 aliphatic heterocycles. The summed E-state index contributed by atoms with van der Waals surface area (Å²) in [6.45, 7) is 8.84. The fourth-order valence-corrected chi connectivity index (χ4v) is 7.83. The smallest absolute Gasteiger partial charge is 0.308 e. The van der Waals surface area contributed by atoms with Crippen LogP contribution in [0.15, 0.2) is 55.1 Å². The van der Waals surface area contributed by atoms with Gasteiger partial charge < -0.3 is 19.5 Å². The lowest BCUT2D eigenvalue weighted by molar-refractivity contribution is -0.198. The highest BCUT2D eigenvalue weighted by atomic mass is 16.6. The van der Waals surface area contributed by atoms with E-state index < -0.39 is 23.1 Å². The number of aryl methyl sites for hydroxylation is 1. The fraction of sp³-hybridized carbons (Fsp3) is 0.438. The Morgan fingerprint density at radius 1 is 1.28 bits per heavy atom. The highest BCUT2D eigenvalue weighted by molar-refractivity contribution is 5.92. The summed E-state index contributed by atoms with van der Waals surface area (Å²) in [5.74, 6) is 0.396. The summed E-state index contributed by atoms with van der Waals surface area (Å²) in [6.07, 6.45) is 7.41. The number of piperidine rings is 1. The summed E-state index contributed by atoms with van der Waals surface area (Å²) in [5, 5.41) is 12.6. The molecule has 0 aromatic heterocycles. The van der Waals surface area contributed by atoms with Crippen LogP contribution in [0.25, 0.3) is 6.08 Å². The zero-order chi connectivity index (χ0) is 27.5. The lowest BCUT2D eigenvalue weighted by atomic mass is 9.48. The van der Waals surface area contributed by atoms with Crippen LogP contribution < -0.4 is 9.47 Å². The van der Waals surface area contributed by atoms with Crippen LogP contribution in [0.3, 0.4) is 0 Å². The number of hydrogen-bond donors (Lipinski definition) is 1. The average molecular weight is 529 g/mol. The monoisotopic (exact) mass is 528 g/mol. The van der Waals surface area contributed by atoms with E-state index in [1.807, 2.05) is 56.5 Å². The van der Waals surface area contributed by atoms with E-state index in [9.17, 15) is 14.7 Å². The minimum atomic E-state index is -1.04. The minimum absolute atomic E-state index is 0.0865. The number of benzene rings is 2. The number of likely N-dealkylation sites (N-methyl/N-ethyl adjacent to an activating group) is 1. The Kier molecular flexibility index (Phi) is 6.19. The van der Waals surface area contributed by atoms with Crippen molar-refractivity contribution in [2.45, 2.75) is 68.7 Å². The van der Waals surface area contributed by atoms with Crippen LogP contribution in [-0.2, 0) is 21.4 Å². The van der Waals surface area contributed by atoms with Crippen molar-refractivity contribution in [1.82, 2.24) is 9.80 Å². The highest BCUT2D eigenvalue weighted by Crippen LogP contribution is 2.65. The molecule has 204 valence electrons. The maximum Gasteiger partial charge on any atom is 0.308 e. The topological polar surface area (TPSA) is 79.3 Å². The summed E-state index contributed by atoms with van der Waals surface area (Å²) in [5.41, 5.74) is 2.44. The van der Waals surface area contributed by atoms with Crippen molar-refractivity contribution in [3.05, 3.63) is 77.4 Å². The van der Waals surface area contributed by atoms with Crippen molar-refractivity contribution in [2.75, 3.05) is 20.1 Å². The molecule has 1 N–H and O–H groups in total. The van der Waals surface area contributed by atoms with Gasteiger partial charge in [0.15, 0.2) is 11.5 Å². The lowest BCUT2D eigenvalue weighted by Crippen LogP contribution is -2.78. The fourth-order valence-electron chi connectivity index (χ4n) is 7.83. The normalized spacial score (nSPS) is 30.4. The Balaban J connectivity index is 1.41. The third kappa shape index (κ3) is 3.78. The Bertz CT molecular complexity index is 1380. The number of rotatable bonds is 6. The van der Waals surface area contributed by atoms with Crippen molar-refractivity contribution < 1.29 is 24.2 Å². The largest absolute Gasteiger partial charge is 0.483 e. The van der Waals surface area contributed by atoms with E-state index in [2.05, 4.69) is 11.5 Å². The van der Waals surface area contributed by atoms with E-state index in [-0.39, 0.29) is 18.0 Å². The van der Waals surface area contributed by atoms with Crippen molar-refractivity contribution in [3.8, 4) is 11.5 Å². The van der Waals surface area contributed by atoms with Gasteiger partial charge in [0.2, 0.25) is 5.91 Å². The second kappa shape index (κ2) is 9.35. The predicted octanol–water partition coefficient (Wildman–Crippen LogP) is 3.80. The summed E-state index contributed by atoms with van der Waals surface area (Å²) in [4.78, 5) is 29.5. The van der Waals surface area contributed by atoms with E-state index in [0.29, 0.717) is 43.7 Å². The highest BCUT2D eigenvalue weighted by Gasteiger charge is 2.73. The number of carbonyl (C=O) groups is 2. The second-order valence-corrected chi connectivity index (χ2v) is 11.5. The Hall–Kier alpha value is -3.42. The van der Waals surface area contributed by atoms with Gasteiger partial charge in [0.1, 0.15) is 6.10 Å². The molecule has 0 radical (unpaired) electrons. The van der Waals surface area contributed by atoms with Gasteiger partial charge in [-0.3, -0.25) is 14.5 Å². The van der Waals surface area contributed by atoms with Gasteiger partial charge in [-0.05, 0) is 62.4 Å². The molecule has 4 aliphatic rings. The summed E-state index contributed by atoms with van der Waals surface area (Å²) in [7, 11) is 1.82. The second-order valence-electron chi connectivity index (χ2n) is 11.5. The molecule has 6 rings (SSSR count). The van der Waals surface area contributed by atoms with E-state index in [1.165, 1.54) is 6.92 Å². The Morgan fingerprint density at radius 3 is 2.85 bits per heavy atom. The van der Waals surface area contributed by atoms with Crippen LogP contribution in [-0.4, -0.2) is 70.7 Å². The van der Waals surface area contributed by atoms with Gasteiger partial charge in [-0.15, -0.1) is 6.58 Å². The average Bonchev–Trinajstić information content (AvgIpc) is 3.25. The van der Waals surface area contributed by atoms with Gasteiger partial charge in [-0.25, -0.2) is 0 Å². The maximum atomic E-state index is 13.5. The summed E-state index contributed by atoms with van der Waals surface area (Å²) in [6, 6.07) is 11.5. The van der Waals surface area contributed by atoms with Crippen molar-refractivity contribution >= 4 is 18.0 Å². The van der Waals surface area contributed by atoms with Gasteiger partial charge >= 0.3 is 5.97 Å². The molecule has 2 aromatic rings. The Labute approximate surface area is 229 Å². The predicted molar refractivity (Wildman–Crippen MR) is 149 cm³/mol. The maximum absolute atomic E-state index is 13.5. The first-order valence-corrected chi connectivity index (χ1v) is 13.8. The van der Waals surface area contributed by atoms with Crippen LogP contribution in [0.1, 0.15) is 48.4 Å². The first-order valence-electron chi connectivity index (χ1n) is 13.8. The number of esters is 1. The number of carbonyl (C=O) groups excluding carboxylic acids is 2. The van der Waals surface area contributed by atoms with E-state index in [0.717, 1.165) is 28.8 Å². The van der Waals surface area contributed by atoms with Gasteiger partial charge in [-0.2, -0.15) is 0 Å². The molecule has 2 unspecified atom stereocenters. The molecule has 2 aromatic carbocycles. The molecule has 1 saturated heterocycles. The molecule has 39 heavy (non-hydrogen) atoms. The van der Waals surface area contributed by atoms with Gasteiger partial charge in [0, 0.05) is 38.2 Å². The summed E-state index contributed by atoms with van der Waals surface area (Å²) >= 11 is 0. The minimum Gasteiger partial charge on any atom is -0.483 e. The molecule has 2 heterocycles. The SMILES string of the molecule is C=CCN1CC[C@]23c4c5ccc(OC(C)=O)c4OC2C(N(C)C(=O)/C=C/c2cccc(C)c2)CC[C@@]3(O)[C@H]1C5. The van der Waals surface area contributed by atoms with Crippen LogP contribution in [0, 0.1) is 6.92 Å². The number of ether oxygens (including phenoxy) is 2. The molecule has 2 aliphatic carbocycles. The standard InChI is InChI=1S/C32H36N2O5/c1-5-16-34-17-15-31-28-23-10-11-25(38-21(3)35)29(28)39-30(31)24(13-14-32(31,37)26(34)19-23)33(4)27(36)12-9-22-8-6-7-20(2)18-22/h5-12,18,24,26,30,37H,1,13-17,19H2,2-4H3/b12-9+/t24?,26-,30?,31+,32-/m1/s1. The molecule has 1 saturated carbocycles. The number of hydrogen-bond acceptors (Lipinski definition) is 6. The van der Waals surface area contributed by atoms with Crippen LogP contribution in [0.5, 0.6) is 11.5 Å². The molecule has 2 bridgehead atoms. The van der Waals surface area contributed by atoms with Crippen molar-refractivity contribution in [1.29, 1.82) is 0 Å². The zero-order valence-corrected chi connectivity index (χ0v) is 22.9. The van der Waals surface area contributed by atoms with E-state index in [1.54, 1.807) is 17.0 Å². The first-order chi connectivity index (χ1) is 18.7. The Morgan fingerprint density at radius 2 is 2.10 bits per heavy atom. The molecule has 1 spiro atoms. The van der Waals surface area contributed by atoms with E-state index >= 15 is 0 Å². The van der Waals surface area contributed by atoms with Crippen molar-refractivity contribution in [2.24, 2.45) is 0 Å². The first kappa shape index (κ1) is 25.8. The third-order valence-corrected chi connectivity index (χ3v) is 9.45. The molecule has 5 atom stereocenters. The number of nitrogens with zero attached hydrogens (tertiary/aromatic N) is 2. The van der Waals surface area contributed by atoms with Gasteiger partial charge in [0.25, 0.3) is 0 Å². The molecule has 7 heteroatoms. The molecule has 1 amide bonds. The number of amides is 1. The number of aliphatic hydroxyl groups is 1. The molecular formula is C32H36N2O5. The van der Waals surface area contributed by atoms with E-state index in [4.69, 9.17) is 9.47 Å². The van der Waals surface area contributed by atoms with Gasteiger partial charge in [0.05, 0.1) is 17.1 Å². The van der Waals surface area contributed by atoms with Crippen molar-refractivity contribution in [3.63, 3.8) is 0 Å². The number of likely N-dealkylation sites (tertiary alicyclic amines) is 1. The zero-order valence-electron chi connectivity index (χ0n) is 22.9. The molecule has 2 fully saturated rings. The quantitative estimate of drug-likeness (QED) is 0.266. The third-order valence-electron chi connectivity index (χ3n) is 9.45. The van der Waals surface area contributed by atoms with Crippen LogP contribution in [0.4, 0.5) is 0 Å². The molecule has 7 nitrogen and oxygen atoms in total. The lowest BCUT2D eigenvalue weighted by Gasteiger charge is -2.64. The van der Waals surface area contributed by atoms with Crippen LogP contribution in [0.2, 0.25) is 0 Å². The summed E-state index contributed by atoms with van der Waals surface area (Å²) < 4.78 is 12.3.